The molecule has 1 rings (SSSR count). The van der Waals surface area contributed by atoms with Crippen LogP contribution in [0.1, 0.15) is 18.7 Å². The molecular weight excluding hydrogens is 159 g/mol. The minimum atomic E-state index is -0.379. The van der Waals surface area contributed by atoms with Crippen molar-refractivity contribution in [2.24, 2.45) is 0 Å². The Labute approximate surface area is 70.5 Å². The molecule has 0 saturated carbocycles. The molecule has 1 heterocycles. The first-order chi connectivity index (χ1) is 5.77. The summed E-state index contributed by atoms with van der Waals surface area (Å²) >= 11 is 0. The second-order valence-corrected chi connectivity index (χ2v) is 2.45. The van der Waals surface area contributed by atoms with Gasteiger partial charge in [0.2, 0.25) is 0 Å². The predicted molar refractivity (Wildman–Crippen MR) is 43.4 cm³/mol. The number of pyridine rings is 1. The summed E-state index contributed by atoms with van der Waals surface area (Å²) in [6.07, 6.45) is 1.56. The maximum absolute atomic E-state index is 11.9. The molecule has 66 valence electrons. The van der Waals surface area contributed by atoms with Crippen LogP contribution in [0.25, 0.3) is 0 Å². The zero-order valence-electron chi connectivity index (χ0n) is 7.04. The Morgan fingerprint density at radius 1 is 1.58 bits per heavy atom. The summed E-state index contributed by atoms with van der Waals surface area (Å²) in [5.41, 5.74) is 2.27. The maximum Gasteiger partial charge on any atom is 0.137 e. The van der Waals surface area contributed by atoms with Crippen LogP contribution in [-0.2, 0) is 0 Å². The van der Waals surface area contributed by atoms with Gasteiger partial charge in [0.05, 0.1) is 25.0 Å². The van der Waals surface area contributed by atoms with E-state index in [-0.39, 0.29) is 6.04 Å². The Bertz CT molecular complexity index is 237. The van der Waals surface area contributed by atoms with Crippen LogP contribution in [0.3, 0.4) is 0 Å². The maximum atomic E-state index is 11.9. The number of aromatic nitrogens is 1. The molecule has 0 radical (unpaired) electrons. The third kappa shape index (κ3) is 1.92. The van der Waals surface area contributed by atoms with Crippen molar-refractivity contribution in [3.05, 3.63) is 24.0 Å². The molecule has 0 amide bonds. The van der Waals surface area contributed by atoms with Gasteiger partial charge >= 0.3 is 0 Å². The molecule has 0 spiro atoms. The molecule has 1 atom stereocenters. The molecule has 1 aromatic rings. The average Bonchev–Trinajstić information content (AvgIpc) is 2.17. The van der Waals surface area contributed by atoms with Gasteiger partial charge in [-0.05, 0) is 19.1 Å². The molecule has 1 N–H and O–H groups in total. The van der Waals surface area contributed by atoms with E-state index >= 15 is 0 Å². The normalized spacial score (nSPS) is 12.6. The van der Waals surface area contributed by atoms with Gasteiger partial charge in [-0.2, -0.15) is 5.54 Å². The number of nitrogens with one attached hydrogen (secondary N) is 1. The molecule has 0 saturated heterocycles. The monoisotopic (exact) mass is 170 g/mol. The third-order valence-corrected chi connectivity index (χ3v) is 1.60. The quantitative estimate of drug-likeness (QED) is 0.700. The van der Waals surface area contributed by atoms with Crippen molar-refractivity contribution in [3.8, 4) is 5.75 Å². The van der Waals surface area contributed by atoms with Crippen LogP contribution in [0.2, 0.25) is 0 Å². The Morgan fingerprint density at radius 3 is 2.75 bits per heavy atom. The zero-order chi connectivity index (χ0) is 8.97. The van der Waals surface area contributed by atoms with Gasteiger partial charge in [0, 0.05) is 0 Å². The summed E-state index contributed by atoms with van der Waals surface area (Å²) in [5.74, 6) is 0.671. The van der Waals surface area contributed by atoms with Crippen molar-refractivity contribution in [1.29, 1.82) is 0 Å². The highest BCUT2D eigenvalue weighted by Gasteiger charge is 2.04. The van der Waals surface area contributed by atoms with Crippen LogP contribution in [0.5, 0.6) is 5.75 Å². The van der Waals surface area contributed by atoms with E-state index in [9.17, 15) is 4.48 Å². The molecule has 0 aliphatic rings. The van der Waals surface area contributed by atoms with E-state index in [1.807, 2.05) is 0 Å². The summed E-state index contributed by atoms with van der Waals surface area (Å²) in [5, 5.41) is 0. The summed E-state index contributed by atoms with van der Waals surface area (Å²) < 4.78 is 16.8. The Balaban J connectivity index is 2.77. The lowest BCUT2D eigenvalue weighted by molar-refractivity contribution is 0.281. The predicted octanol–water partition coefficient (Wildman–Crippen LogP) is 1.63. The summed E-state index contributed by atoms with van der Waals surface area (Å²) in [6, 6.07) is 3.09. The van der Waals surface area contributed by atoms with Gasteiger partial charge in [-0.1, -0.05) is 0 Å². The molecule has 4 heteroatoms. The highest BCUT2D eigenvalue weighted by Crippen LogP contribution is 2.13. The molecule has 0 aliphatic heterocycles. The SMILES string of the molecule is COc1ccc(C(C)NF)nc1. The van der Waals surface area contributed by atoms with E-state index in [4.69, 9.17) is 4.74 Å². The van der Waals surface area contributed by atoms with Gasteiger partial charge in [0.15, 0.2) is 0 Å². The molecule has 0 bridgehead atoms. The number of ether oxygens (including phenoxy) is 1. The van der Waals surface area contributed by atoms with Crippen molar-refractivity contribution in [3.63, 3.8) is 0 Å². The lowest BCUT2D eigenvalue weighted by atomic mass is 10.2. The van der Waals surface area contributed by atoms with E-state index in [0.717, 1.165) is 0 Å². The highest BCUT2D eigenvalue weighted by atomic mass is 19.2. The van der Waals surface area contributed by atoms with Crippen LogP contribution >= 0.6 is 0 Å². The van der Waals surface area contributed by atoms with Crippen LogP contribution in [0, 0.1) is 0 Å². The fourth-order valence-electron chi connectivity index (χ4n) is 0.825. The van der Waals surface area contributed by atoms with E-state index in [1.165, 1.54) is 0 Å². The van der Waals surface area contributed by atoms with Gasteiger partial charge in [-0.25, -0.2) is 0 Å². The van der Waals surface area contributed by atoms with Gasteiger partial charge in [0.25, 0.3) is 0 Å². The summed E-state index contributed by atoms with van der Waals surface area (Å²) in [7, 11) is 1.56. The van der Waals surface area contributed by atoms with Gasteiger partial charge in [0.1, 0.15) is 5.75 Å². The lowest BCUT2D eigenvalue weighted by Crippen LogP contribution is -2.09. The first-order valence-corrected chi connectivity index (χ1v) is 3.64. The number of hydrogen-bond donors (Lipinski definition) is 1. The molecule has 0 aliphatic carbocycles. The highest BCUT2D eigenvalue weighted by molar-refractivity contribution is 5.20. The Hall–Kier alpha value is -1.16. The van der Waals surface area contributed by atoms with Crippen LogP contribution in [0.4, 0.5) is 4.48 Å². The molecule has 3 nitrogen and oxygen atoms in total. The lowest BCUT2D eigenvalue weighted by Gasteiger charge is -2.06. The molecule has 12 heavy (non-hydrogen) atoms. The molecule has 1 aromatic heterocycles. The summed E-state index contributed by atoms with van der Waals surface area (Å²) in [6.45, 7) is 1.69. The van der Waals surface area contributed by atoms with E-state index in [1.54, 1.807) is 37.9 Å². The second-order valence-electron chi connectivity index (χ2n) is 2.45. The molecule has 0 aromatic carbocycles. The second kappa shape index (κ2) is 4.01. The Morgan fingerprint density at radius 2 is 2.33 bits per heavy atom. The number of rotatable bonds is 3. The van der Waals surface area contributed by atoms with Crippen LogP contribution < -0.4 is 10.3 Å². The van der Waals surface area contributed by atoms with Crippen molar-refractivity contribution < 1.29 is 9.22 Å². The molecular formula is C8H11FN2O. The first kappa shape index (κ1) is 8.93. The molecule has 0 fully saturated rings. The minimum Gasteiger partial charge on any atom is -0.495 e. The van der Waals surface area contributed by atoms with Crippen LogP contribution in [0.15, 0.2) is 18.3 Å². The topological polar surface area (TPSA) is 34.1 Å². The minimum absolute atomic E-state index is 0.379. The van der Waals surface area contributed by atoms with Crippen molar-refractivity contribution >= 4 is 0 Å². The van der Waals surface area contributed by atoms with Gasteiger partial charge in [-0.3, -0.25) is 4.98 Å². The van der Waals surface area contributed by atoms with Gasteiger partial charge in [-0.15, -0.1) is 4.48 Å². The zero-order valence-corrected chi connectivity index (χ0v) is 7.04. The summed E-state index contributed by atoms with van der Waals surface area (Å²) in [4.78, 5) is 3.99. The third-order valence-electron chi connectivity index (χ3n) is 1.60. The smallest absolute Gasteiger partial charge is 0.137 e. The number of hydrogen-bond acceptors (Lipinski definition) is 3. The van der Waals surface area contributed by atoms with Crippen molar-refractivity contribution in [2.45, 2.75) is 13.0 Å². The van der Waals surface area contributed by atoms with E-state index in [0.29, 0.717) is 11.4 Å². The largest absolute Gasteiger partial charge is 0.495 e. The number of halogens is 1. The average molecular weight is 170 g/mol. The Kier molecular flexibility index (Phi) is 2.99. The fraction of sp³-hybridized carbons (Fsp3) is 0.375. The van der Waals surface area contributed by atoms with E-state index in [2.05, 4.69) is 4.98 Å². The number of nitrogens with zero attached hydrogens (tertiary/aromatic N) is 1. The van der Waals surface area contributed by atoms with Gasteiger partial charge < -0.3 is 4.74 Å². The van der Waals surface area contributed by atoms with E-state index < -0.39 is 0 Å². The van der Waals surface area contributed by atoms with Crippen LogP contribution in [-0.4, -0.2) is 12.1 Å². The van der Waals surface area contributed by atoms with Crippen molar-refractivity contribution in [2.75, 3.05) is 7.11 Å². The fourth-order valence-corrected chi connectivity index (χ4v) is 0.825. The number of methoxy groups -OCH3 is 1. The standard InChI is InChI=1S/C8H11FN2O/c1-6(11-9)8-4-3-7(12-2)5-10-8/h3-6,11H,1-2H3. The van der Waals surface area contributed by atoms with Crippen molar-refractivity contribution in [1.82, 2.24) is 10.5 Å². The molecule has 1 unspecified atom stereocenters. The first-order valence-electron chi connectivity index (χ1n) is 3.64.